The minimum atomic E-state index is -3.65. The standard InChI is InChI=1S/C19H24N2O5S2/c1-3-28(24,25)21-12-4-5-16-8-9-17(13-19(16)21)20-27(22,23)14-15-6-10-18(26-2)11-7-15/h6-11,13,20H,3-5,12,14H2,1-2H3. The van der Waals surface area contributed by atoms with Crippen molar-refractivity contribution < 1.29 is 21.6 Å². The SMILES string of the molecule is CCS(=O)(=O)N1CCCc2ccc(NS(=O)(=O)Cc3ccc(OC)cc3)cc21. The Morgan fingerprint density at radius 1 is 1.07 bits per heavy atom. The van der Waals surface area contributed by atoms with Gasteiger partial charge < -0.3 is 4.74 Å². The van der Waals surface area contributed by atoms with Gasteiger partial charge in [0.1, 0.15) is 5.75 Å². The summed E-state index contributed by atoms with van der Waals surface area (Å²) in [4.78, 5) is 0. The highest BCUT2D eigenvalue weighted by molar-refractivity contribution is 7.92. The molecule has 2 aromatic carbocycles. The van der Waals surface area contributed by atoms with Gasteiger partial charge in [-0.05, 0) is 55.2 Å². The first-order valence-corrected chi connectivity index (χ1v) is 12.3. The molecule has 0 atom stereocenters. The van der Waals surface area contributed by atoms with E-state index in [2.05, 4.69) is 4.72 Å². The number of sulfonamides is 2. The molecule has 9 heteroatoms. The third-order valence-corrected chi connectivity index (χ3v) is 7.69. The van der Waals surface area contributed by atoms with E-state index in [0.717, 1.165) is 18.4 Å². The molecule has 152 valence electrons. The first kappa shape index (κ1) is 20.5. The average molecular weight is 425 g/mol. The Hall–Kier alpha value is -2.26. The number of hydrogen-bond donors (Lipinski definition) is 1. The van der Waals surface area contributed by atoms with E-state index in [1.807, 2.05) is 0 Å². The fourth-order valence-corrected chi connectivity index (χ4v) is 5.58. The minimum absolute atomic E-state index is 0.000134. The highest BCUT2D eigenvalue weighted by Gasteiger charge is 2.26. The van der Waals surface area contributed by atoms with Gasteiger partial charge in [-0.1, -0.05) is 18.2 Å². The number of nitrogens with zero attached hydrogens (tertiary/aromatic N) is 1. The summed E-state index contributed by atoms with van der Waals surface area (Å²) in [7, 11) is -5.51. The van der Waals surface area contributed by atoms with Crippen LogP contribution in [-0.2, 0) is 32.2 Å². The smallest absolute Gasteiger partial charge is 0.236 e. The maximum absolute atomic E-state index is 12.6. The number of methoxy groups -OCH3 is 1. The van der Waals surface area contributed by atoms with E-state index in [0.29, 0.717) is 29.2 Å². The molecule has 0 saturated carbocycles. The summed E-state index contributed by atoms with van der Waals surface area (Å²) in [5.41, 5.74) is 2.44. The van der Waals surface area contributed by atoms with Gasteiger partial charge in [-0.15, -0.1) is 0 Å². The number of aryl methyl sites for hydroxylation is 1. The van der Waals surface area contributed by atoms with Crippen molar-refractivity contribution in [3.05, 3.63) is 53.6 Å². The van der Waals surface area contributed by atoms with Gasteiger partial charge >= 0.3 is 0 Å². The van der Waals surface area contributed by atoms with E-state index in [1.54, 1.807) is 56.5 Å². The summed E-state index contributed by atoms with van der Waals surface area (Å²) in [6, 6.07) is 11.9. The van der Waals surface area contributed by atoms with Crippen LogP contribution in [0.2, 0.25) is 0 Å². The van der Waals surface area contributed by atoms with Gasteiger partial charge in [-0.2, -0.15) is 0 Å². The molecule has 0 spiro atoms. The molecule has 1 aliphatic heterocycles. The zero-order chi connectivity index (χ0) is 20.4. The van der Waals surface area contributed by atoms with Crippen LogP contribution in [0, 0.1) is 0 Å². The van der Waals surface area contributed by atoms with Crippen LogP contribution in [0.4, 0.5) is 11.4 Å². The molecule has 1 N–H and O–H groups in total. The molecule has 0 saturated heterocycles. The summed E-state index contributed by atoms with van der Waals surface area (Å²) in [5.74, 6) is 0.464. The van der Waals surface area contributed by atoms with E-state index in [1.165, 1.54) is 4.31 Å². The van der Waals surface area contributed by atoms with Crippen LogP contribution in [0.25, 0.3) is 0 Å². The molecule has 0 aromatic heterocycles. The molecule has 0 radical (unpaired) electrons. The summed E-state index contributed by atoms with van der Waals surface area (Å²) in [6.07, 6.45) is 1.51. The number of fused-ring (bicyclic) bond motifs is 1. The molecule has 0 fully saturated rings. The van der Waals surface area contributed by atoms with Crippen molar-refractivity contribution in [1.82, 2.24) is 0 Å². The first-order chi connectivity index (χ1) is 13.2. The predicted octanol–water partition coefficient (Wildman–Crippen LogP) is 2.74. The fraction of sp³-hybridized carbons (Fsp3) is 0.368. The number of anilines is 2. The fourth-order valence-electron chi connectivity index (χ4n) is 3.21. The van der Waals surface area contributed by atoms with Crippen molar-refractivity contribution in [2.75, 3.05) is 28.4 Å². The quantitative estimate of drug-likeness (QED) is 0.738. The van der Waals surface area contributed by atoms with Gasteiger partial charge in [0.25, 0.3) is 0 Å². The molecule has 7 nitrogen and oxygen atoms in total. The highest BCUT2D eigenvalue weighted by atomic mass is 32.2. The highest BCUT2D eigenvalue weighted by Crippen LogP contribution is 2.32. The lowest BCUT2D eigenvalue weighted by atomic mass is 10.0. The van der Waals surface area contributed by atoms with Crippen molar-refractivity contribution >= 4 is 31.4 Å². The average Bonchev–Trinajstić information content (AvgIpc) is 2.67. The van der Waals surface area contributed by atoms with E-state index in [4.69, 9.17) is 4.74 Å². The van der Waals surface area contributed by atoms with Crippen molar-refractivity contribution in [2.24, 2.45) is 0 Å². The Morgan fingerprint density at radius 2 is 1.79 bits per heavy atom. The Balaban J connectivity index is 1.83. The Morgan fingerprint density at radius 3 is 2.43 bits per heavy atom. The molecule has 0 aliphatic carbocycles. The molecule has 0 bridgehead atoms. The summed E-state index contributed by atoms with van der Waals surface area (Å²) < 4.78 is 58.9. The lowest BCUT2D eigenvalue weighted by Gasteiger charge is -2.30. The second-order valence-electron chi connectivity index (χ2n) is 6.63. The second kappa shape index (κ2) is 8.00. The van der Waals surface area contributed by atoms with Crippen molar-refractivity contribution in [3.63, 3.8) is 0 Å². The summed E-state index contributed by atoms with van der Waals surface area (Å²) in [5, 5.41) is 0. The Kier molecular flexibility index (Phi) is 5.85. The Bertz CT molecular complexity index is 1050. The van der Waals surface area contributed by atoms with Crippen LogP contribution in [0.15, 0.2) is 42.5 Å². The van der Waals surface area contributed by atoms with E-state index < -0.39 is 20.0 Å². The molecule has 0 amide bonds. The van der Waals surface area contributed by atoms with Gasteiger partial charge in [-0.3, -0.25) is 9.03 Å². The van der Waals surface area contributed by atoms with Gasteiger partial charge in [0.15, 0.2) is 0 Å². The van der Waals surface area contributed by atoms with E-state index >= 15 is 0 Å². The molecule has 2 aromatic rings. The van der Waals surface area contributed by atoms with Gasteiger partial charge in [0.2, 0.25) is 20.0 Å². The van der Waals surface area contributed by atoms with E-state index in [-0.39, 0.29) is 11.5 Å². The lowest BCUT2D eigenvalue weighted by Crippen LogP contribution is -2.36. The van der Waals surface area contributed by atoms with Crippen LogP contribution in [0.5, 0.6) is 5.75 Å². The maximum atomic E-state index is 12.6. The number of benzene rings is 2. The second-order valence-corrected chi connectivity index (χ2v) is 10.5. The largest absolute Gasteiger partial charge is 0.497 e. The van der Waals surface area contributed by atoms with Gasteiger partial charge in [0, 0.05) is 6.54 Å². The molecular formula is C19H24N2O5S2. The van der Waals surface area contributed by atoms with Crippen molar-refractivity contribution in [1.29, 1.82) is 0 Å². The zero-order valence-corrected chi connectivity index (χ0v) is 17.5. The number of rotatable bonds is 7. The molecular weight excluding hydrogens is 400 g/mol. The zero-order valence-electron chi connectivity index (χ0n) is 15.9. The van der Waals surface area contributed by atoms with Gasteiger partial charge in [0.05, 0.1) is 30.0 Å². The van der Waals surface area contributed by atoms with Crippen molar-refractivity contribution in [2.45, 2.75) is 25.5 Å². The topological polar surface area (TPSA) is 92.8 Å². The summed E-state index contributed by atoms with van der Waals surface area (Å²) >= 11 is 0. The summed E-state index contributed by atoms with van der Waals surface area (Å²) in [6.45, 7) is 2.01. The number of hydrogen-bond acceptors (Lipinski definition) is 5. The molecule has 3 rings (SSSR count). The first-order valence-electron chi connectivity index (χ1n) is 9.01. The lowest BCUT2D eigenvalue weighted by molar-refractivity contribution is 0.414. The normalized spacial score (nSPS) is 14.4. The molecule has 0 unspecified atom stereocenters. The van der Waals surface area contributed by atoms with Crippen molar-refractivity contribution in [3.8, 4) is 5.75 Å². The minimum Gasteiger partial charge on any atom is -0.497 e. The van der Waals surface area contributed by atoms with Crippen LogP contribution < -0.4 is 13.8 Å². The van der Waals surface area contributed by atoms with Crippen LogP contribution >= 0.6 is 0 Å². The van der Waals surface area contributed by atoms with Crippen LogP contribution in [0.3, 0.4) is 0 Å². The number of ether oxygens (including phenoxy) is 1. The van der Waals surface area contributed by atoms with E-state index in [9.17, 15) is 16.8 Å². The third kappa shape index (κ3) is 4.59. The Labute approximate surface area is 166 Å². The third-order valence-electron chi connectivity index (χ3n) is 4.65. The number of nitrogens with one attached hydrogen (secondary N) is 1. The van der Waals surface area contributed by atoms with Crippen LogP contribution in [-0.4, -0.2) is 36.2 Å². The molecule has 1 heterocycles. The predicted molar refractivity (Wildman–Crippen MR) is 111 cm³/mol. The maximum Gasteiger partial charge on any atom is 0.236 e. The molecule has 1 aliphatic rings. The van der Waals surface area contributed by atoms with Gasteiger partial charge in [-0.25, -0.2) is 16.8 Å². The molecule has 28 heavy (non-hydrogen) atoms. The monoisotopic (exact) mass is 424 g/mol. The van der Waals surface area contributed by atoms with Crippen LogP contribution in [0.1, 0.15) is 24.5 Å².